The van der Waals surface area contributed by atoms with Crippen molar-refractivity contribution in [3.63, 3.8) is 0 Å². The smallest absolute Gasteiger partial charge is 0.211 e. The standard InChI is InChI=1S/C18H30N2O2/c1-3-4-5-6-7-8-16-9-10-18(22-16)17(21)15-20-13-11-19(2)12-14-20/h9-10H,3-8,11-15H2,1-2H3. The number of unbranched alkanes of at least 4 members (excludes halogenated alkanes) is 4. The number of furan rings is 1. The van der Waals surface area contributed by atoms with Crippen LogP contribution in [0.2, 0.25) is 0 Å². The fourth-order valence-corrected chi connectivity index (χ4v) is 2.85. The Labute approximate surface area is 134 Å². The Morgan fingerprint density at radius 3 is 2.55 bits per heavy atom. The number of Topliss-reactive ketones (excluding diaryl/α,β-unsaturated/α-hetero) is 1. The molecule has 0 N–H and O–H groups in total. The van der Waals surface area contributed by atoms with Gasteiger partial charge >= 0.3 is 0 Å². The van der Waals surface area contributed by atoms with E-state index in [1.807, 2.05) is 12.1 Å². The highest BCUT2D eigenvalue weighted by Crippen LogP contribution is 2.14. The monoisotopic (exact) mass is 306 g/mol. The summed E-state index contributed by atoms with van der Waals surface area (Å²) < 4.78 is 5.73. The first kappa shape index (κ1) is 17.2. The highest BCUT2D eigenvalue weighted by molar-refractivity contribution is 5.95. The lowest BCUT2D eigenvalue weighted by atomic mass is 10.1. The molecule has 1 aromatic heterocycles. The van der Waals surface area contributed by atoms with Crippen LogP contribution >= 0.6 is 0 Å². The number of ketones is 1. The van der Waals surface area contributed by atoms with E-state index < -0.39 is 0 Å². The first-order valence-electron chi connectivity index (χ1n) is 8.72. The van der Waals surface area contributed by atoms with Crippen molar-refractivity contribution in [2.24, 2.45) is 0 Å². The molecule has 1 aliphatic rings. The van der Waals surface area contributed by atoms with Gasteiger partial charge in [0, 0.05) is 32.6 Å². The third-order valence-electron chi connectivity index (χ3n) is 4.43. The van der Waals surface area contributed by atoms with Crippen LogP contribution in [-0.4, -0.2) is 55.4 Å². The first-order valence-corrected chi connectivity index (χ1v) is 8.72. The van der Waals surface area contributed by atoms with Crippen LogP contribution in [-0.2, 0) is 6.42 Å². The lowest BCUT2D eigenvalue weighted by molar-refractivity contribution is 0.0848. The third kappa shape index (κ3) is 5.58. The number of carbonyl (C=O) groups is 1. The van der Waals surface area contributed by atoms with Crippen LogP contribution in [0.25, 0.3) is 0 Å². The highest BCUT2D eigenvalue weighted by Gasteiger charge is 2.19. The van der Waals surface area contributed by atoms with Gasteiger partial charge in [0.05, 0.1) is 6.54 Å². The van der Waals surface area contributed by atoms with Crippen molar-refractivity contribution >= 4 is 5.78 Å². The minimum absolute atomic E-state index is 0.113. The van der Waals surface area contributed by atoms with Crippen molar-refractivity contribution in [1.29, 1.82) is 0 Å². The highest BCUT2D eigenvalue weighted by atomic mass is 16.3. The van der Waals surface area contributed by atoms with Crippen molar-refractivity contribution in [2.75, 3.05) is 39.8 Å². The van der Waals surface area contributed by atoms with Crippen LogP contribution in [0, 0.1) is 0 Å². The SMILES string of the molecule is CCCCCCCc1ccc(C(=O)CN2CCN(C)CC2)o1. The minimum atomic E-state index is 0.113. The fraction of sp³-hybridized carbons (Fsp3) is 0.722. The topological polar surface area (TPSA) is 36.7 Å². The Bertz CT molecular complexity index is 448. The summed E-state index contributed by atoms with van der Waals surface area (Å²) in [5, 5.41) is 0. The molecule has 0 aliphatic carbocycles. The van der Waals surface area contributed by atoms with Crippen molar-refractivity contribution in [1.82, 2.24) is 9.80 Å². The Hall–Kier alpha value is -1.13. The zero-order valence-electron chi connectivity index (χ0n) is 14.1. The summed E-state index contributed by atoms with van der Waals surface area (Å²) in [7, 11) is 2.12. The van der Waals surface area contributed by atoms with Crippen LogP contribution < -0.4 is 0 Å². The lowest BCUT2D eigenvalue weighted by Gasteiger charge is -2.31. The molecule has 0 saturated carbocycles. The summed E-state index contributed by atoms with van der Waals surface area (Å²) in [4.78, 5) is 16.8. The van der Waals surface area contributed by atoms with Gasteiger partial charge in [-0.15, -0.1) is 0 Å². The molecule has 4 heteroatoms. The Morgan fingerprint density at radius 1 is 1.09 bits per heavy atom. The van der Waals surface area contributed by atoms with Crippen molar-refractivity contribution < 1.29 is 9.21 Å². The molecule has 2 rings (SSSR count). The molecule has 1 fully saturated rings. The maximum atomic E-state index is 12.3. The minimum Gasteiger partial charge on any atom is -0.458 e. The van der Waals surface area contributed by atoms with Crippen molar-refractivity contribution in [2.45, 2.75) is 45.4 Å². The quantitative estimate of drug-likeness (QED) is 0.518. The van der Waals surface area contributed by atoms with Gasteiger partial charge in [-0.2, -0.15) is 0 Å². The first-order chi connectivity index (χ1) is 10.7. The van der Waals surface area contributed by atoms with Crippen molar-refractivity contribution in [3.05, 3.63) is 23.7 Å². The number of rotatable bonds is 9. The van der Waals surface area contributed by atoms with Gasteiger partial charge in [-0.1, -0.05) is 32.6 Å². The van der Waals surface area contributed by atoms with Gasteiger partial charge in [0.15, 0.2) is 5.76 Å². The Morgan fingerprint density at radius 2 is 1.82 bits per heavy atom. The van der Waals surface area contributed by atoms with Gasteiger partial charge in [-0.25, -0.2) is 0 Å². The largest absolute Gasteiger partial charge is 0.458 e. The van der Waals surface area contributed by atoms with E-state index in [0.717, 1.165) is 44.8 Å². The van der Waals surface area contributed by atoms with Crippen LogP contribution in [0.4, 0.5) is 0 Å². The lowest BCUT2D eigenvalue weighted by Crippen LogP contribution is -2.46. The van der Waals surface area contributed by atoms with Crippen molar-refractivity contribution in [3.8, 4) is 0 Å². The molecule has 0 radical (unpaired) electrons. The molecule has 2 heterocycles. The molecule has 124 valence electrons. The predicted octanol–water partition coefficient (Wildman–Crippen LogP) is 3.22. The average Bonchev–Trinajstić information content (AvgIpc) is 2.98. The Balaban J connectivity index is 1.72. The molecule has 22 heavy (non-hydrogen) atoms. The molecule has 0 bridgehead atoms. The second-order valence-corrected chi connectivity index (χ2v) is 6.43. The van der Waals surface area contributed by atoms with E-state index in [-0.39, 0.29) is 5.78 Å². The molecular formula is C18H30N2O2. The van der Waals surface area contributed by atoms with Crippen LogP contribution in [0.3, 0.4) is 0 Å². The van der Waals surface area contributed by atoms with Gasteiger partial charge < -0.3 is 9.32 Å². The van der Waals surface area contributed by atoms with Crippen LogP contribution in [0.15, 0.2) is 16.5 Å². The molecule has 0 unspecified atom stereocenters. The molecule has 0 amide bonds. The molecule has 1 aliphatic heterocycles. The van der Waals surface area contributed by atoms with Gasteiger partial charge in [-0.3, -0.25) is 9.69 Å². The Kier molecular flexibility index (Phi) is 7.13. The maximum absolute atomic E-state index is 12.3. The number of hydrogen-bond donors (Lipinski definition) is 0. The molecular weight excluding hydrogens is 276 g/mol. The summed E-state index contributed by atoms with van der Waals surface area (Å²) in [6, 6.07) is 3.82. The van der Waals surface area contributed by atoms with Gasteiger partial charge in [0.1, 0.15) is 5.76 Å². The van der Waals surface area contributed by atoms with Crippen LogP contribution in [0.1, 0.15) is 55.3 Å². The second kappa shape index (κ2) is 9.11. The third-order valence-corrected chi connectivity index (χ3v) is 4.43. The number of likely N-dealkylation sites (N-methyl/N-ethyl adjacent to an activating group) is 1. The van der Waals surface area contributed by atoms with E-state index in [4.69, 9.17) is 4.42 Å². The second-order valence-electron chi connectivity index (χ2n) is 6.43. The zero-order chi connectivity index (χ0) is 15.8. The fourth-order valence-electron chi connectivity index (χ4n) is 2.85. The van der Waals surface area contributed by atoms with E-state index in [0.29, 0.717) is 12.3 Å². The molecule has 1 saturated heterocycles. The maximum Gasteiger partial charge on any atom is 0.211 e. The molecule has 0 spiro atoms. The summed E-state index contributed by atoms with van der Waals surface area (Å²) in [6.07, 6.45) is 7.23. The summed E-state index contributed by atoms with van der Waals surface area (Å²) >= 11 is 0. The number of carbonyl (C=O) groups excluding carboxylic acids is 1. The van der Waals surface area contributed by atoms with E-state index in [1.165, 1.54) is 25.7 Å². The van der Waals surface area contributed by atoms with E-state index in [9.17, 15) is 4.79 Å². The number of hydrogen-bond acceptors (Lipinski definition) is 4. The van der Waals surface area contributed by atoms with E-state index in [1.54, 1.807) is 0 Å². The zero-order valence-corrected chi connectivity index (χ0v) is 14.1. The summed E-state index contributed by atoms with van der Waals surface area (Å²) in [6.45, 7) is 6.71. The average molecular weight is 306 g/mol. The van der Waals surface area contributed by atoms with Gasteiger partial charge in [-0.05, 0) is 25.6 Å². The number of aryl methyl sites for hydroxylation is 1. The molecule has 0 atom stereocenters. The predicted molar refractivity (Wildman–Crippen MR) is 89.4 cm³/mol. The number of piperazine rings is 1. The van der Waals surface area contributed by atoms with Gasteiger partial charge in [0.2, 0.25) is 5.78 Å². The van der Waals surface area contributed by atoms with E-state index >= 15 is 0 Å². The van der Waals surface area contributed by atoms with E-state index in [2.05, 4.69) is 23.8 Å². The normalized spacial score (nSPS) is 17.0. The van der Waals surface area contributed by atoms with Crippen LogP contribution in [0.5, 0.6) is 0 Å². The van der Waals surface area contributed by atoms with Gasteiger partial charge in [0.25, 0.3) is 0 Å². The molecule has 1 aromatic rings. The summed E-state index contributed by atoms with van der Waals surface area (Å²) in [5.74, 6) is 1.60. The summed E-state index contributed by atoms with van der Waals surface area (Å²) in [5.41, 5.74) is 0. The molecule has 4 nitrogen and oxygen atoms in total. The number of nitrogens with zero attached hydrogens (tertiary/aromatic N) is 2. The molecule has 0 aromatic carbocycles.